The average Bonchev–Trinajstić information content (AvgIpc) is 2.26. The van der Waals surface area contributed by atoms with Crippen LogP contribution < -0.4 is 0 Å². The van der Waals surface area contributed by atoms with Gasteiger partial charge in [0.15, 0.2) is 5.78 Å². The highest BCUT2D eigenvalue weighted by Crippen LogP contribution is 2.22. The summed E-state index contributed by atoms with van der Waals surface area (Å²) in [7, 11) is 0. The first-order valence-electron chi connectivity index (χ1n) is 5.25. The molecule has 2 aromatic carbocycles. The van der Waals surface area contributed by atoms with Gasteiger partial charge in [0, 0.05) is 5.56 Å². The van der Waals surface area contributed by atoms with E-state index in [1.54, 1.807) is 6.07 Å². The number of hydrogen-bond acceptors (Lipinski definition) is 2. The molecule has 2 nitrogen and oxygen atoms in total. The predicted molar refractivity (Wildman–Crippen MR) is 64.6 cm³/mol. The zero-order valence-corrected chi connectivity index (χ0v) is 9.40. The van der Waals surface area contributed by atoms with Crippen molar-refractivity contribution in [1.29, 1.82) is 0 Å². The van der Waals surface area contributed by atoms with Gasteiger partial charge < -0.3 is 5.11 Å². The lowest BCUT2D eigenvalue weighted by Crippen LogP contribution is -2.31. The Morgan fingerprint density at radius 1 is 1.06 bits per heavy atom. The fourth-order valence-corrected chi connectivity index (χ4v) is 1.75. The highest BCUT2D eigenvalue weighted by atomic mass is 16.3. The molecule has 82 valence electrons. The van der Waals surface area contributed by atoms with Gasteiger partial charge in [0.1, 0.15) is 5.60 Å². The third-order valence-electron chi connectivity index (χ3n) is 2.59. The van der Waals surface area contributed by atoms with Crippen LogP contribution in [0.2, 0.25) is 0 Å². The van der Waals surface area contributed by atoms with Crippen LogP contribution in [0.25, 0.3) is 10.8 Å². The van der Waals surface area contributed by atoms with Crippen molar-refractivity contribution in [3.63, 3.8) is 0 Å². The number of hydrogen-bond donors (Lipinski definition) is 1. The molecule has 2 heteroatoms. The highest BCUT2D eigenvalue weighted by Gasteiger charge is 2.26. The number of fused-ring (bicyclic) bond motifs is 1. The molecule has 0 saturated carbocycles. The fourth-order valence-electron chi connectivity index (χ4n) is 1.75. The van der Waals surface area contributed by atoms with E-state index in [1.807, 2.05) is 36.4 Å². The Morgan fingerprint density at radius 2 is 1.69 bits per heavy atom. The van der Waals surface area contributed by atoms with Crippen LogP contribution in [0.5, 0.6) is 0 Å². The van der Waals surface area contributed by atoms with Crippen LogP contribution in [0, 0.1) is 0 Å². The van der Waals surface area contributed by atoms with Gasteiger partial charge in [-0.2, -0.15) is 0 Å². The number of ketones is 1. The number of Topliss-reactive ketones (excluding diaryl/α,β-unsaturated/α-hetero) is 1. The first-order chi connectivity index (χ1) is 7.50. The predicted octanol–water partition coefficient (Wildman–Crippen LogP) is 2.79. The Hall–Kier alpha value is -1.67. The number of aliphatic hydroxyl groups is 1. The van der Waals surface area contributed by atoms with Gasteiger partial charge in [-0.15, -0.1) is 0 Å². The van der Waals surface area contributed by atoms with Crippen LogP contribution in [0.1, 0.15) is 24.2 Å². The summed E-state index contributed by atoms with van der Waals surface area (Å²) in [5.74, 6) is -0.246. The lowest BCUT2D eigenvalue weighted by Gasteiger charge is -2.16. The van der Waals surface area contributed by atoms with Gasteiger partial charge in [-0.3, -0.25) is 4.79 Å². The average molecular weight is 214 g/mol. The van der Waals surface area contributed by atoms with E-state index in [4.69, 9.17) is 0 Å². The van der Waals surface area contributed by atoms with Gasteiger partial charge >= 0.3 is 0 Å². The summed E-state index contributed by atoms with van der Waals surface area (Å²) in [5.41, 5.74) is -0.755. The van der Waals surface area contributed by atoms with Gasteiger partial charge in [-0.05, 0) is 24.6 Å². The van der Waals surface area contributed by atoms with Crippen LogP contribution in [0.3, 0.4) is 0 Å². The first kappa shape index (κ1) is 10.8. The number of carbonyl (C=O) groups is 1. The zero-order valence-electron chi connectivity index (χ0n) is 9.40. The molecule has 16 heavy (non-hydrogen) atoms. The molecule has 0 aliphatic rings. The van der Waals surface area contributed by atoms with Crippen molar-refractivity contribution < 1.29 is 9.90 Å². The van der Waals surface area contributed by atoms with Gasteiger partial charge in [-0.1, -0.05) is 42.5 Å². The fraction of sp³-hybridized carbons (Fsp3) is 0.214. The largest absolute Gasteiger partial charge is 0.382 e. The number of rotatable bonds is 2. The van der Waals surface area contributed by atoms with E-state index >= 15 is 0 Å². The minimum absolute atomic E-state index is 0.246. The summed E-state index contributed by atoms with van der Waals surface area (Å²) in [5, 5.41) is 11.6. The highest BCUT2D eigenvalue weighted by molar-refractivity contribution is 6.11. The van der Waals surface area contributed by atoms with E-state index in [0.29, 0.717) is 5.56 Å². The summed E-state index contributed by atoms with van der Waals surface area (Å²) in [6.45, 7) is 3.02. The Labute approximate surface area is 94.5 Å². The molecular weight excluding hydrogens is 200 g/mol. The quantitative estimate of drug-likeness (QED) is 0.780. The molecule has 1 N–H and O–H groups in total. The monoisotopic (exact) mass is 214 g/mol. The third kappa shape index (κ3) is 1.84. The second-order valence-electron chi connectivity index (χ2n) is 4.41. The maximum atomic E-state index is 12.0. The molecule has 0 unspecified atom stereocenters. The summed E-state index contributed by atoms with van der Waals surface area (Å²) >= 11 is 0. The first-order valence-corrected chi connectivity index (χ1v) is 5.25. The molecule has 0 aromatic heterocycles. The summed E-state index contributed by atoms with van der Waals surface area (Å²) in [6, 6.07) is 13.2. The molecule has 0 saturated heterocycles. The van der Waals surface area contributed by atoms with Crippen molar-refractivity contribution in [3.8, 4) is 0 Å². The van der Waals surface area contributed by atoms with Crippen molar-refractivity contribution >= 4 is 16.6 Å². The lowest BCUT2D eigenvalue weighted by molar-refractivity contribution is 0.0490. The molecular formula is C14H14O2. The minimum Gasteiger partial charge on any atom is -0.382 e. The van der Waals surface area contributed by atoms with Crippen molar-refractivity contribution in [3.05, 3.63) is 48.0 Å². The SMILES string of the molecule is CC(C)(O)C(=O)c1cccc2ccccc12. The molecule has 0 bridgehead atoms. The van der Waals surface area contributed by atoms with E-state index in [1.165, 1.54) is 13.8 Å². The molecule has 2 aromatic rings. The summed E-state index contributed by atoms with van der Waals surface area (Å²) in [6.07, 6.45) is 0. The Bertz CT molecular complexity index is 530. The molecule has 0 radical (unpaired) electrons. The molecule has 0 fully saturated rings. The molecule has 0 atom stereocenters. The smallest absolute Gasteiger partial charge is 0.194 e. The van der Waals surface area contributed by atoms with E-state index in [9.17, 15) is 9.90 Å². The minimum atomic E-state index is -1.33. The van der Waals surface area contributed by atoms with Gasteiger partial charge in [0.25, 0.3) is 0 Å². The van der Waals surface area contributed by atoms with E-state index < -0.39 is 5.60 Å². The summed E-state index contributed by atoms with van der Waals surface area (Å²) < 4.78 is 0. The van der Waals surface area contributed by atoms with Crippen molar-refractivity contribution in [1.82, 2.24) is 0 Å². The van der Waals surface area contributed by atoms with E-state index in [2.05, 4.69) is 0 Å². The molecule has 0 aliphatic heterocycles. The Kier molecular flexibility index (Phi) is 2.52. The topological polar surface area (TPSA) is 37.3 Å². The van der Waals surface area contributed by atoms with Gasteiger partial charge in [0.05, 0.1) is 0 Å². The zero-order chi connectivity index (χ0) is 11.8. The van der Waals surface area contributed by atoms with Crippen molar-refractivity contribution in [2.75, 3.05) is 0 Å². The van der Waals surface area contributed by atoms with Crippen molar-refractivity contribution in [2.45, 2.75) is 19.4 Å². The Morgan fingerprint density at radius 3 is 2.38 bits per heavy atom. The number of carbonyl (C=O) groups excluding carboxylic acids is 1. The van der Waals surface area contributed by atoms with Crippen molar-refractivity contribution in [2.24, 2.45) is 0 Å². The van der Waals surface area contributed by atoms with E-state index in [-0.39, 0.29) is 5.78 Å². The second kappa shape index (κ2) is 3.72. The van der Waals surface area contributed by atoms with Crippen LogP contribution >= 0.6 is 0 Å². The molecule has 2 rings (SSSR count). The number of benzene rings is 2. The van der Waals surface area contributed by atoms with Gasteiger partial charge in [-0.25, -0.2) is 0 Å². The van der Waals surface area contributed by atoms with Gasteiger partial charge in [0.2, 0.25) is 0 Å². The normalized spacial score (nSPS) is 11.7. The van der Waals surface area contributed by atoms with Crippen LogP contribution in [0.15, 0.2) is 42.5 Å². The lowest BCUT2D eigenvalue weighted by atomic mass is 9.93. The molecule has 0 spiro atoms. The maximum absolute atomic E-state index is 12.0. The third-order valence-corrected chi connectivity index (χ3v) is 2.59. The van der Waals surface area contributed by atoms with Crippen LogP contribution in [-0.2, 0) is 0 Å². The van der Waals surface area contributed by atoms with Crippen LogP contribution in [-0.4, -0.2) is 16.5 Å². The molecule has 0 heterocycles. The van der Waals surface area contributed by atoms with Crippen LogP contribution in [0.4, 0.5) is 0 Å². The Balaban J connectivity index is 2.66. The second-order valence-corrected chi connectivity index (χ2v) is 4.41. The maximum Gasteiger partial charge on any atom is 0.194 e. The van der Waals surface area contributed by atoms with E-state index in [0.717, 1.165) is 10.8 Å². The molecule has 0 aliphatic carbocycles. The standard InChI is InChI=1S/C14H14O2/c1-14(2,16)13(15)12-9-5-7-10-6-3-4-8-11(10)12/h3-9,16H,1-2H3. The molecule has 0 amide bonds. The summed E-state index contributed by atoms with van der Waals surface area (Å²) in [4.78, 5) is 12.0.